The molecule has 1 aromatic heterocycles. The van der Waals surface area contributed by atoms with Gasteiger partial charge in [0.25, 0.3) is 0 Å². The zero-order valence-electron chi connectivity index (χ0n) is 16.5. The van der Waals surface area contributed by atoms with Crippen LogP contribution in [0.3, 0.4) is 0 Å². The van der Waals surface area contributed by atoms with Gasteiger partial charge in [0, 0.05) is 18.5 Å². The number of hydrogen-bond donors (Lipinski definition) is 2. The summed E-state index contributed by atoms with van der Waals surface area (Å²) in [5, 5.41) is 15.1. The lowest BCUT2D eigenvalue weighted by molar-refractivity contribution is 0.695. The maximum Gasteiger partial charge on any atom is 0.191 e. The first-order valence-corrected chi connectivity index (χ1v) is 10.3. The fraction of sp³-hybridized carbons (Fsp3) is 0.526. The van der Waals surface area contributed by atoms with Gasteiger partial charge in [-0.1, -0.05) is 25.5 Å². The fourth-order valence-corrected chi connectivity index (χ4v) is 3.17. The monoisotopic (exact) mass is 374 g/mol. The van der Waals surface area contributed by atoms with Crippen LogP contribution in [0.1, 0.15) is 42.5 Å². The Morgan fingerprint density at radius 2 is 2.04 bits per heavy atom. The van der Waals surface area contributed by atoms with Crippen molar-refractivity contribution in [3.63, 3.8) is 0 Å². The maximum atomic E-state index is 4.78. The van der Waals surface area contributed by atoms with E-state index in [4.69, 9.17) is 4.99 Å². The summed E-state index contributed by atoms with van der Waals surface area (Å²) in [4.78, 5) is 6.06. The van der Waals surface area contributed by atoms with Crippen molar-refractivity contribution in [3.05, 3.63) is 41.0 Å². The van der Waals surface area contributed by atoms with E-state index in [0.717, 1.165) is 37.0 Å². The van der Waals surface area contributed by atoms with Crippen molar-refractivity contribution in [1.82, 2.24) is 25.4 Å². The van der Waals surface area contributed by atoms with Crippen LogP contribution < -0.4 is 10.6 Å². The molecular formula is C19H30N6S. The highest BCUT2D eigenvalue weighted by Gasteiger charge is 2.07. The molecule has 0 unspecified atom stereocenters. The number of nitrogens with one attached hydrogen (secondary N) is 2. The van der Waals surface area contributed by atoms with Crippen LogP contribution in [0, 0.1) is 13.8 Å². The van der Waals surface area contributed by atoms with Gasteiger partial charge in [0.1, 0.15) is 5.82 Å². The topological polar surface area (TPSA) is 67.1 Å². The summed E-state index contributed by atoms with van der Waals surface area (Å²) < 4.78 is 1.99. The van der Waals surface area contributed by atoms with Crippen LogP contribution >= 0.6 is 11.8 Å². The zero-order chi connectivity index (χ0) is 18.9. The molecule has 2 N–H and O–H groups in total. The van der Waals surface area contributed by atoms with E-state index in [-0.39, 0.29) is 0 Å². The van der Waals surface area contributed by atoms with Crippen LogP contribution in [0.5, 0.6) is 0 Å². The second-order valence-electron chi connectivity index (χ2n) is 6.34. The van der Waals surface area contributed by atoms with E-state index in [1.165, 1.54) is 16.0 Å². The molecule has 1 heterocycles. The highest BCUT2D eigenvalue weighted by Crippen LogP contribution is 2.22. The van der Waals surface area contributed by atoms with Gasteiger partial charge in [-0.25, -0.2) is 4.99 Å². The lowest BCUT2D eigenvalue weighted by Gasteiger charge is -2.13. The Bertz CT molecular complexity index is 738. The zero-order valence-corrected chi connectivity index (χ0v) is 17.3. The van der Waals surface area contributed by atoms with Crippen molar-refractivity contribution in [3.8, 4) is 0 Å². The average Bonchev–Trinajstić information content (AvgIpc) is 2.96. The molecule has 0 radical (unpaired) electrons. The molecule has 0 atom stereocenters. The molecular weight excluding hydrogens is 344 g/mol. The van der Waals surface area contributed by atoms with Crippen molar-refractivity contribution < 1.29 is 0 Å². The molecule has 0 saturated heterocycles. The third kappa shape index (κ3) is 5.76. The second kappa shape index (κ2) is 10.2. The van der Waals surface area contributed by atoms with E-state index in [1.54, 1.807) is 11.8 Å². The van der Waals surface area contributed by atoms with Crippen molar-refractivity contribution in [1.29, 1.82) is 0 Å². The summed E-state index contributed by atoms with van der Waals surface area (Å²) in [5.74, 6) is 2.61. The van der Waals surface area contributed by atoms with Crippen molar-refractivity contribution >= 4 is 17.7 Å². The van der Waals surface area contributed by atoms with Gasteiger partial charge in [-0.3, -0.25) is 0 Å². The third-order valence-electron chi connectivity index (χ3n) is 4.27. The number of nitrogens with zero attached hydrogens (tertiary/aromatic N) is 4. The highest BCUT2D eigenvalue weighted by atomic mass is 32.2. The van der Waals surface area contributed by atoms with E-state index >= 15 is 0 Å². The summed E-state index contributed by atoms with van der Waals surface area (Å²) in [5.41, 5.74) is 2.52. The molecule has 0 aliphatic heterocycles. The van der Waals surface area contributed by atoms with Crippen LogP contribution in [0.4, 0.5) is 0 Å². The number of aromatic nitrogens is 3. The van der Waals surface area contributed by atoms with Crippen molar-refractivity contribution in [2.75, 3.05) is 12.8 Å². The molecule has 1 aromatic carbocycles. The summed E-state index contributed by atoms with van der Waals surface area (Å²) in [6.07, 6.45) is 4.37. The number of aryl methyl sites for hydroxylation is 2. The number of rotatable bonds is 8. The number of aliphatic imine (C=N–C) groups is 1. The van der Waals surface area contributed by atoms with Crippen molar-refractivity contribution in [2.24, 2.45) is 12.0 Å². The van der Waals surface area contributed by atoms with Crippen LogP contribution in [-0.4, -0.2) is 33.5 Å². The minimum Gasteiger partial charge on any atom is -0.356 e. The number of hydrogen-bond acceptors (Lipinski definition) is 4. The van der Waals surface area contributed by atoms with E-state index in [0.29, 0.717) is 13.1 Å². The standard InChI is InChI=1S/C19H30N6S/c1-6-7-10-20-19(22-13-18-24-23-15(3)25(18)4)21-12-16-9-8-14(2)11-17(16)26-5/h8-9,11H,6-7,10,12-13H2,1-5H3,(H2,20,21,22). The van der Waals surface area contributed by atoms with E-state index in [1.807, 2.05) is 18.5 Å². The van der Waals surface area contributed by atoms with E-state index in [2.05, 4.69) is 59.1 Å². The summed E-state index contributed by atoms with van der Waals surface area (Å²) in [6.45, 7) is 8.41. The lowest BCUT2D eigenvalue weighted by Crippen LogP contribution is -2.38. The molecule has 2 rings (SSSR count). The summed E-state index contributed by atoms with van der Waals surface area (Å²) in [7, 11) is 1.98. The Morgan fingerprint density at radius 1 is 1.23 bits per heavy atom. The lowest BCUT2D eigenvalue weighted by atomic mass is 10.1. The van der Waals surface area contributed by atoms with Crippen molar-refractivity contribution in [2.45, 2.75) is 51.6 Å². The molecule has 26 heavy (non-hydrogen) atoms. The quantitative estimate of drug-likeness (QED) is 0.321. The molecule has 142 valence electrons. The van der Waals surface area contributed by atoms with Gasteiger partial charge >= 0.3 is 0 Å². The van der Waals surface area contributed by atoms with E-state index in [9.17, 15) is 0 Å². The maximum absolute atomic E-state index is 4.78. The predicted molar refractivity (Wildman–Crippen MR) is 110 cm³/mol. The summed E-state index contributed by atoms with van der Waals surface area (Å²) in [6, 6.07) is 6.53. The van der Waals surface area contributed by atoms with Gasteiger partial charge in [-0.05, 0) is 43.7 Å². The SMILES string of the molecule is CCCCNC(=NCc1ccc(C)cc1SC)NCc1nnc(C)n1C. The first-order chi connectivity index (χ1) is 12.5. The second-order valence-corrected chi connectivity index (χ2v) is 7.18. The fourth-order valence-electron chi connectivity index (χ4n) is 2.47. The van der Waals surface area contributed by atoms with E-state index < -0.39 is 0 Å². The van der Waals surface area contributed by atoms with Crippen LogP contribution in [-0.2, 0) is 20.1 Å². The Balaban J connectivity index is 2.07. The molecule has 0 spiro atoms. The third-order valence-corrected chi connectivity index (χ3v) is 5.09. The normalized spacial score (nSPS) is 11.7. The minimum atomic E-state index is 0.596. The van der Waals surface area contributed by atoms with Gasteiger partial charge in [0.15, 0.2) is 11.8 Å². The minimum absolute atomic E-state index is 0.596. The molecule has 0 aliphatic rings. The van der Waals surface area contributed by atoms with Gasteiger partial charge < -0.3 is 15.2 Å². The Hall–Kier alpha value is -2.02. The van der Waals surface area contributed by atoms with Crippen LogP contribution in [0.2, 0.25) is 0 Å². The van der Waals surface area contributed by atoms with Crippen LogP contribution in [0.15, 0.2) is 28.1 Å². The summed E-state index contributed by atoms with van der Waals surface area (Å²) >= 11 is 1.77. The smallest absolute Gasteiger partial charge is 0.191 e. The Morgan fingerprint density at radius 3 is 2.69 bits per heavy atom. The highest BCUT2D eigenvalue weighted by molar-refractivity contribution is 7.98. The molecule has 0 amide bonds. The number of unbranched alkanes of at least 4 members (excludes halogenated alkanes) is 1. The largest absolute Gasteiger partial charge is 0.356 e. The van der Waals surface area contributed by atoms with Crippen LogP contribution in [0.25, 0.3) is 0 Å². The molecule has 0 fully saturated rings. The average molecular weight is 375 g/mol. The molecule has 7 heteroatoms. The molecule has 0 bridgehead atoms. The number of benzene rings is 1. The number of thioether (sulfide) groups is 1. The van der Waals surface area contributed by atoms with Gasteiger partial charge in [-0.2, -0.15) is 0 Å². The Labute approximate surface area is 160 Å². The number of guanidine groups is 1. The predicted octanol–water partition coefficient (Wildman–Crippen LogP) is 3.19. The van der Waals surface area contributed by atoms with Gasteiger partial charge in [-0.15, -0.1) is 22.0 Å². The first kappa shape index (κ1) is 20.3. The van der Waals surface area contributed by atoms with Gasteiger partial charge in [0.2, 0.25) is 0 Å². The molecule has 2 aromatic rings. The molecule has 0 saturated carbocycles. The first-order valence-electron chi connectivity index (χ1n) is 9.05. The molecule has 6 nitrogen and oxygen atoms in total. The molecule has 0 aliphatic carbocycles. The Kier molecular flexibility index (Phi) is 7.97. The van der Waals surface area contributed by atoms with Gasteiger partial charge in [0.05, 0.1) is 13.1 Å².